The number of unbranched alkanes of at least 4 members (excludes halogenated alkanes) is 8. The van der Waals surface area contributed by atoms with Crippen molar-refractivity contribution in [3.8, 4) is 11.5 Å². The third kappa shape index (κ3) is 7.81. The first-order chi connectivity index (χ1) is 15.1. The van der Waals surface area contributed by atoms with E-state index in [-0.39, 0.29) is 11.6 Å². The Hall–Kier alpha value is -1.51. The maximum absolute atomic E-state index is 11.5. The van der Waals surface area contributed by atoms with Gasteiger partial charge in [-0.2, -0.15) is 0 Å². The van der Waals surface area contributed by atoms with Crippen LogP contribution in [-0.2, 0) is 11.2 Å². The molecule has 0 aliphatic carbocycles. The minimum absolute atomic E-state index is 0.0873. The Labute approximate surface area is 197 Å². The lowest BCUT2D eigenvalue weighted by atomic mass is 9.84. The summed E-state index contributed by atoms with van der Waals surface area (Å²) < 4.78 is 12.2. The lowest BCUT2D eigenvalue weighted by molar-refractivity contribution is -0.132. The van der Waals surface area contributed by atoms with Gasteiger partial charge in [-0.05, 0) is 76.0 Å². The van der Waals surface area contributed by atoms with Crippen LogP contribution in [0, 0.1) is 26.7 Å². The highest BCUT2D eigenvalue weighted by molar-refractivity contribution is 5.72. The fourth-order valence-electron chi connectivity index (χ4n) is 5.04. The molecular weight excluding hydrogens is 396 g/mol. The van der Waals surface area contributed by atoms with Crippen molar-refractivity contribution < 1.29 is 14.3 Å². The van der Waals surface area contributed by atoms with E-state index in [1.165, 1.54) is 76.7 Å². The molecular formula is C29H48O3. The standard InChI is InChI=1S/C29H48O3/c1-21(2)17-15-13-11-9-8-10-12-14-16-19-29(7)20-18-26-24(5)27(31-25(6)30)22(3)23(4)28(26)32-29/h21H,8-20H2,1-7H3. The molecule has 0 saturated heterocycles. The number of ether oxygens (including phenoxy) is 2. The molecule has 0 radical (unpaired) electrons. The maximum atomic E-state index is 11.5. The van der Waals surface area contributed by atoms with Gasteiger partial charge in [0.05, 0.1) is 0 Å². The van der Waals surface area contributed by atoms with Crippen molar-refractivity contribution in [2.75, 3.05) is 0 Å². The smallest absolute Gasteiger partial charge is 0.308 e. The van der Waals surface area contributed by atoms with Crippen LogP contribution < -0.4 is 9.47 Å². The largest absolute Gasteiger partial charge is 0.487 e. The fraction of sp³-hybridized carbons (Fsp3) is 0.759. The van der Waals surface area contributed by atoms with E-state index in [4.69, 9.17) is 9.47 Å². The first-order valence-corrected chi connectivity index (χ1v) is 13.1. The molecule has 3 heteroatoms. The fourth-order valence-corrected chi connectivity index (χ4v) is 5.04. The summed E-state index contributed by atoms with van der Waals surface area (Å²) in [7, 11) is 0. The summed E-state index contributed by atoms with van der Waals surface area (Å²) in [5.41, 5.74) is 4.32. The highest BCUT2D eigenvalue weighted by Crippen LogP contribution is 2.45. The number of hydrogen-bond acceptors (Lipinski definition) is 3. The number of esters is 1. The Morgan fingerprint density at radius 1 is 0.906 bits per heavy atom. The summed E-state index contributed by atoms with van der Waals surface area (Å²) >= 11 is 0. The second-order valence-corrected chi connectivity index (χ2v) is 10.8. The van der Waals surface area contributed by atoms with E-state index in [1.54, 1.807) is 0 Å². The topological polar surface area (TPSA) is 35.5 Å². The second-order valence-electron chi connectivity index (χ2n) is 10.8. The molecule has 0 bridgehead atoms. The van der Waals surface area contributed by atoms with E-state index in [0.717, 1.165) is 53.4 Å². The Balaban J connectivity index is 1.75. The molecule has 1 atom stereocenters. The quantitative estimate of drug-likeness (QED) is 0.174. The van der Waals surface area contributed by atoms with Crippen molar-refractivity contribution in [1.82, 2.24) is 0 Å². The van der Waals surface area contributed by atoms with Crippen LogP contribution in [0.15, 0.2) is 0 Å². The number of hydrogen-bond donors (Lipinski definition) is 0. The van der Waals surface area contributed by atoms with Gasteiger partial charge in [-0.1, -0.05) is 71.6 Å². The number of carbonyl (C=O) groups is 1. The molecule has 0 saturated carbocycles. The number of carbonyl (C=O) groups excluding carboxylic acids is 1. The van der Waals surface area contributed by atoms with Crippen molar-refractivity contribution in [2.24, 2.45) is 5.92 Å². The predicted molar refractivity (Wildman–Crippen MR) is 135 cm³/mol. The monoisotopic (exact) mass is 444 g/mol. The van der Waals surface area contributed by atoms with Crippen molar-refractivity contribution in [3.05, 3.63) is 22.3 Å². The number of benzene rings is 1. The highest BCUT2D eigenvalue weighted by atomic mass is 16.5. The lowest BCUT2D eigenvalue weighted by Gasteiger charge is -2.38. The minimum Gasteiger partial charge on any atom is -0.487 e. The molecule has 182 valence electrons. The van der Waals surface area contributed by atoms with E-state index < -0.39 is 0 Å². The van der Waals surface area contributed by atoms with Gasteiger partial charge in [-0.3, -0.25) is 4.79 Å². The minimum atomic E-state index is -0.261. The molecule has 0 fully saturated rings. The summed E-state index contributed by atoms with van der Waals surface area (Å²) in [6, 6.07) is 0. The molecule has 1 aromatic carbocycles. The van der Waals surface area contributed by atoms with Crippen LogP contribution in [-0.4, -0.2) is 11.6 Å². The molecule has 1 aromatic rings. The van der Waals surface area contributed by atoms with Crippen LogP contribution in [0.2, 0.25) is 0 Å². The maximum Gasteiger partial charge on any atom is 0.308 e. The van der Waals surface area contributed by atoms with Crippen molar-refractivity contribution in [2.45, 2.75) is 138 Å². The second kappa shape index (κ2) is 12.7. The van der Waals surface area contributed by atoms with Gasteiger partial charge >= 0.3 is 5.97 Å². The zero-order valence-corrected chi connectivity index (χ0v) is 22.0. The number of fused-ring (bicyclic) bond motifs is 1. The molecule has 3 nitrogen and oxygen atoms in total. The van der Waals surface area contributed by atoms with E-state index in [9.17, 15) is 4.79 Å². The third-order valence-corrected chi connectivity index (χ3v) is 7.30. The van der Waals surface area contributed by atoms with Gasteiger partial charge in [0, 0.05) is 12.5 Å². The van der Waals surface area contributed by atoms with Crippen LogP contribution in [0.4, 0.5) is 0 Å². The van der Waals surface area contributed by atoms with Crippen molar-refractivity contribution in [1.29, 1.82) is 0 Å². The van der Waals surface area contributed by atoms with Gasteiger partial charge in [0.2, 0.25) is 0 Å². The highest BCUT2D eigenvalue weighted by Gasteiger charge is 2.34. The van der Waals surface area contributed by atoms with Crippen LogP contribution in [0.3, 0.4) is 0 Å². The van der Waals surface area contributed by atoms with Gasteiger partial charge in [0.1, 0.15) is 17.1 Å². The zero-order valence-electron chi connectivity index (χ0n) is 22.0. The van der Waals surface area contributed by atoms with Gasteiger partial charge in [-0.25, -0.2) is 0 Å². The summed E-state index contributed by atoms with van der Waals surface area (Å²) in [6.45, 7) is 14.6. The normalized spacial score (nSPS) is 17.9. The first kappa shape index (κ1) is 26.7. The Bertz CT molecular complexity index is 750. The first-order valence-electron chi connectivity index (χ1n) is 13.1. The zero-order chi connectivity index (χ0) is 23.7. The SMILES string of the molecule is CC(=O)Oc1c(C)c(C)c2c(c1C)CCC(C)(CCCCCCCCCCCC(C)C)O2. The summed E-state index contributed by atoms with van der Waals surface area (Å²) in [5, 5.41) is 0. The predicted octanol–water partition coefficient (Wildman–Crippen LogP) is 8.57. The summed E-state index contributed by atoms with van der Waals surface area (Å²) in [5.74, 6) is 2.35. The van der Waals surface area contributed by atoms with Gasteiger partial charge in [0.25, 0.3) is 0 Å². The van der Waals surface area contributed by atoms with Crippen molar-refractivity contribution in [3.63, 3.8) is 0 Å². The lowest BCUT2D eigenvalue weighted by Crippen LogP contribution is -2.37. The van der Waals surface area contributed by atoms with Crippen LogP contribution >= 0.6 is 0 Å². The molecule has 0 aromatic heterocycles. The van der Waals surface area contributed by atoms with Crippen molar-refractivity contribution >= 4 is 5.97 Å². The number of rotatable bonds is 13. The Morgan fingerprint density at radius 3 is 2.03 bits per heavy atom. The summed E-state index contributed by atoms with van der Waals surface area (Å²) in [4.78, 5) is 11.5. The van der Waals surface area contributed by atoms with Crippen LogP contribution in [0.25, 0.3) is 0 Å². The molecule has 1 aliphatic rings. The van der Waals surface area contributed by atoms with E-state index >= 15 is 0 Å². The summed E-state index contributed by atoms with van der Waals surface area (Å²) in [6.07, 6.45) is 16.8. The van der Waals surface area contributed by atoms with Gasteiger partial charge < -0.3 is 9.47 Å². The molecule has 0 N–H and O–H groups in total. The Kier molecular flexibility index (Phi) is 10.6. The van der Waals surface area contributed by atoms with E-state index in [0.29, 0.717) is 0 Å². The average molecular weight is 445 g/mol. The van der Waals surface area contributed by atoms with E-state index in [2.05, 4.69) is 34.6 Å². The third-order valence-electron chi connectivity index (χ3n) is 7.30. The molecule has 2 rings (SSSR count). The van der Waals surface area contributed by atoms with Crippen LogP contribution in [0.5, 0.6) is 11.5 Å². The van der Waals surface area contributed by atoms with Crippen LogP contribution in [0.1, 0.15) is 127 Å². The molecule has 0 spiro atoms. The van der Waals surface area contributed by atoms with Gasteiger partial charge in [0.15, 0.2) is 0 Å². The molecule has 32 heavy (non-hydrogen) atoms. The Morgan fingerprint density at radius 2 is 1.47 bits per heavy atom. The average Bonchev–Trinajstić information content (AvgIpc) is 2.73. The molecule has 1 heterocycles. The van der Waals surface area contributed by atoms with Gasteiger partial charge in [-0.15, -0.1) is 0 Å². The molecule has 1 unspecified atom stereocenters. The molecule has 0 amide bonds. The van der Waals surface area contributed by atoms with E-state index in [1.807, 2.05) is 6.92 Å². The molecule has 1 aliphatic heterocycles.